The Morgan fingerprint density at radius 2 is 1.58 bits per heavy atom. The molecule has 0 heterocycles. The molecule has 0 saturated heterocycles. The minimum Gasteiger partial charge on any atom is -0.508 e. The van der Waals surface area contributed by atoms with Crippen molar-refractivity contribution in [3.63, 3.8) is 0 Å². The molecule has 0 aliphatic heterocycles. The number of imide groups is 1. The molecule has 0 aromatic heterocycles. The Kier molecular flexibility index (Phi) is 8.87. The Bertz CT molecular complexity index is 1610. The number of phenols is 1. The number of benzene rings is 2. The quantitative estimate of drug-likeness (QED) is 0.213. The number of carbonyl (C=O) groups is 3. The number of ether oxygens (including phenoxy) is 2. The van der Waals surface area contributed by atoms with E-state index in [1.54, 1.807) is 13.0 Å². The molecular weight excluding hydrogens is 604 g/mol. The number of phenolic OH excluding ortho intramolecular Hbond substituents is 1. The number of aryl methyl sites for hydroxylation is 2. The molecule has 4 aliphatic rings. The van der Waals surface area contributed by atoms with Crippen molar-refractivity contribution in [3.8, 4) is 11.5 Å². The standard InChI is InChI=1S/C40H54N2O6/c1-7-47-35(46)41-22-23-48-29-14-11-27-16-21-40(6)38(4,31(27)25-29)19-9-20-39(40,5)34(45)42-33(44)37(3)18-8-17-36(2)30-24-28(43)13-10-26(30)12-15-32(36)37/h10-11,13-14,24-25,32,43H,7-9,12,15-23H2,1-6H3,(H,41,46)(H,42,44,45)/t32-,36-,37+,38-,39-,40-/m1/s1. The minimum atomic E-state index is -0.743. The second kappa shape index (κ2) is 12.4. The molecule has 8 nitrogen and oxygen atoms in total. The Balaban J connectivity index is 1.22. The Labute approximate surface area is 285 Å². The fourth-order valence-electron chi connectivity index (χ4n) is 10.7. The topological polar surface area (TPSA) is 114 Å². The van der Waals surface area contributed by atoms with E-state index in [1.165, 1.54) is 16.7 Å². The average Bonchev–Trinajstić information content (AvgIpc) is 3.05. The molecule has 6 rings (SSSR count). The third-order valence-corrected chi connectivity index (χ3v) is 13.9. The molecule has 2 aromatic rings. The monoisotopic (exact) mass is 658 g/mol. The van der Waals surface area contributed by atoms with E-state index in [9.17, 15) is 19.5 Å². The van der Waals surface area contributed by atoms with Gasteiger partial charge in [-0.15, -0.1) is 0 Å². The molecule has 48 heavy (non-hydrogen) atoms. The van der Waals surface area contributed by atoms with Crippen LogP contribution in [0.4, 0.5) is 4.79 Å². The molecule has 3 N–H and O–H groups in total. The summed E-state index contributed by atoms with van der Waals surface area (Å²) in [5.41, 5.74) is 2.57. The van der Waals surface area contributed by atoms with Crippen molar-refractivity contribution in [1.82, 2.24) is 10.6 Å². The van der Waals surface area contributed by atoms with Crippen molar-refractivity contribution in [2.75, 3.05) is 19.8 Å². The Morgan fingerprint density at radius 1 is 0.854 bits per heavy atom. The summed E-state index contributed by atoms with van der Waals surface area (Å²) in [6.45, 7) is 13.7. The van der Waals surface area contributed by atoms with Crippen molar-refractivity contribution in [2.24, 2.45) is 22.2 Å². The Hall–Kier alpha value is -3.55. The number of aromatic hydroxyl groups is 1. The molecular formula is C40H54N2O6. The molecule has 6 atom stereocenters. The molecule has 3 amide bonds. The fraction of sp³-hybridized carbons (Fsp3) is 0.625. The molecule has 2 saturated carbocycles. The van der Waals surface area contributed by atoms with Crippen LogP contribution in [-0.2, 0) is 38.0 Å². The van der Waals surface area contributed by atoms with Crippen molar-refractivity contribution in [1.29, 1.82) is 0 Å². The maximum absolute atomic E-state index is 14.6. The van der Waals surface area contributed by atoms with Gasteiger partial charge in [-0.05, 0) is 127 Å². The smallest absolute Gasteiger partial charge is 0.407 e. The number of carbonyl (C=O) groups excluding carboxylic acids is 3. The number of rotatable bonds is 7. The van der Waals surface area contributed by atoms with Crippen LogP contribution in [0.25, 0.3) is 0 Å². The molecule has 0 spiro atoms. The number of hydrogen-bond acceptors (Lipinski definition) is 6. The highest BCUT2D eigenvalue weighted by Crippen LogP contribution is 2.66. The van der Waals surface area contributed by atoms with Crippen LogP contribution in [0.15, 0.2) is 36.4 Å². The van der Waals surface area contributed by atoms with Gasteiger partial charge in [0.1, 0.15) is 18.1 Å². The van der Waals surface area contributed by atoms with Gasteiger partial charge in [0, 0.05) is 0 Å². The summed E-state index contributed by atoms with van der Waals surface area (Å²) in [5.74, 6) is 0.792. The average molecular weight is 659 g/mol. The van der Waals surface area contributed by atoms with Gasteiger partial charge in [-0.25, -0.2) is 4.79 Å². The summed E-state index contributed by atoms with van der Waals surface area (Å²) in [6.07, 6.45) is 8.19. The SMILES string of the molecule is CCOC(=O)NCCOc1ccc2c(c1)[C@@]1(C)CCC[C@](C)(C(=O)NC(=O)[C@@]3(C)CCC[C@]4(C)c5cc(O)ccc5CC[C@@H]34)[C@]1(C)CC2. The van der Waals surface area contributed by atoms with Crippen LogP contribution in [-0.4, -0.2) is 42.8 Å². The second-order valence-electron chi connectivity index (χ2n) is 16.1. The van der Waals surface area contributed by atoms with Crippen molar-refractivity contribution in [3.05, 3.63) is 58.7 Å². The zero-order valence-electron chi connectivity index (χ0n) is 29.7. The van der Waals surface area contributed by atoms with E-state index in [-0.39, 0.29) is 39.7 Å². The normalized spacial score (nSPS) is 33.6. The summed E-state index contributed by atoms with van der Waals surface area (Å²) in [7, 11) is 0. The van der Waals surface area contributed by atoms with Crippen LogP contribution < -0.4 is 15.4 Å². The highest BCUT2D eigenvalue weighted by atomic mass is 16.5. The number of alkyl carbamates (subject to hydrolysis) is 1. The van der Waals surface area contributed by atoms with Crippen molar-refractivity contribution < 1.29 is 29.0 Å². The van der Waals surface area contributed by atoms with Crippen LogP contribution in [0, 0.1) is 22.2 Å². The number of nitrogens with one attached hydrogen (secondary N) is 2. The molecule has 0 unspecified atom stereocenters. The van der Waals surface area contributed by atoms with E-state index < -0.39 is 16.9 Å². The van der Waals surface area contributed by atoms with Gasteiger partial charge < -0.3 is 19.9 Å². The minimum absolute atomic E-state index is 0.0772. The molecule has 8 heteroatoms. The number of hydrogen-bond donors (Lipinski definition) is 3. The third-order valence-electron chi connectivity index (χ3n) is 13.9. The lowest BCUT2D eigenvalue weighted by molar-refractivity contribution is -0.157. The van der Waals surface area contributed by atoms with E-state index in [0.717, 1.165) is 75.5 Å². The largest absolute Gasteiger partial charge is 0.508 e. The van der Waals surface area contributed by atoms with Gasteiger partial charge in [0.15, 0.2) is 0 Å². The van der Waals surface area contributed by atoms with Gasteiger partial charge in [-0.2, -0.15) is 0 Å². The molecule has 260 valence electrons. The lowest BCUT2D eigenvalue weighted by atomic mass is 9.41. The van der Waals surface area contributed by atoms with Crippen molar-refractivity contribution in [2.45, 2.75) is 117 Å². The zero-order chi connectivity index (χ0) is 34.5. The molecule has 2 fully saturated rings. The summed E-state index contributed by atoms with van der Waals surface area (Å²) < 4.78 is 11.0. The second-order valence-corrected chi connectivity index (χ2v) is 16.1. The van der Waals surface area contributed by atoms with Crippen LogP contribution in [0.1, 0.15) is 115 Å². The van der Waals surface area contributed by atoms with Crippen molar-refractivity contribution >= 4 is 17.9 Å². The maximum Gasteiger partial charge on any atom is 0.407 e. The van der Waals surface area contributed by atoms with Gasteiger partial charge in [0.25, 0.3) is 0 Å². The first-order valence-corrected chi connectivity index (χ1v) is 18.1. The van der Waals surface area contributed by atoms with E-state index in [2.05, 4.69) is 57.4 Å². The summed E-state index contributed by atoms with van der Waals surface area (Å²) in [6, 6.07) is 12.0. The van der Waals surface area contributed by atoms with E-state index >= 15 is 0 Å². The third kappa shape index (κ3) is 5.29. The maximum atomic E-state index is 14.6. The number of amides is 3. The fourth-order valence-corrected chi connectivity index (χ4v) is 10.7. The zero-order valence-corrected chi connectivity index (χ0v) is 29.7. The van der Waals surface area contributed by atoms with E-state index in [0.29, 0.717) is 19.8 Å². The van der Waals surface area contributed by atoms with Gasteiger partial charge in [0.2, 0.25) is 11.8 Å². The van der Waals surface area contributed by atoms with E-state index in [1.807, 2.05) is 18.2 Å². The van der Waals surface area contributed by atoms with Gasteiger partial charge in [-0.3, -0.25) is 14.9 Å². The first-order chi connectivity index (χ1) is 22.7. The highest BCUT2D eigenvalue weighted by molar-refractivity contribution is 6.01. The number of fused-ring (bicyclic) bond motifs is 6. The molecule has 2 aromatic carbocycles. The first kappa shape index (κ1) is 34.3. The first-order valence-electron chi connectivity index (χ1n) is 18.1. The summed E-state index contributed by atoms with van der Waals surface area (Å²) in [4.78, 5) is 40.7. The predicted octanol–water partition coefficient (Wildman–Crippen LogP) is 7.27. The van der Waals surface area contributed by atoms with Gasteiger partial charge in [0.05, 0.1) is 24.0 Å². The molecule has 0 radical (unpaired) electrons. The van der Waals surface area contributed by atoms with Crippen LogP contribution in [0.3, 0.4) is 0 Å². The van der Waals surface area contributed by atoms with Gasteiger partial charge in [-0.1, -0.05) is 59.6 Å². The lowest BCUT2D eigenvalue weighted by Gasteiger charge is -2.62. The Morgan fingerprint density at radius 3 is 2.35 bits per heavy atom. The van der Waals surface area contributed by atoms with Crippen LogP contribution in [0.2, 0.25) is 0 Å². The predicted molar refractivity (Wildman–Crippen MR) is 185 cm³/mol. The summed E-state index contributed by atoms with van der Waals surface area (Å²) in [5, 5.41) is 16.1. The highest BCUT2D eigenvalue weighted by Gasteiger charge is 2.64. The van der Waals surface area contributed by atoms with Crippen LogP contribution in [0.5, 0.6) is 11.5 Å². The molecule has 4 aliphatic carbocycles. The van der Waals surface area contributed by atoms with Crippen LogP contribution >= 0.6 is 0 Å². The lowest BCUT2D eigenvalue weighted by Crippen LogP contribution is -2.64. The molecule has 0 bridgehead atoms. The van der Waals surface area contributed by atoms with Gasteiger partial charge >= 0.3 is 6.09 Å². The summed E-state index contributed by atoms with van der Waals surface area (Å²) >= 11 is 0. The van der Waals surface area contributed by atoms with E-state index in [4.69, 9.17) is 9.47 Å².